The Morgan fingerprint density at radius 2 is 1.00 bits per heavy atom. The number of hydrogen-bond donors (Lipinski definition) is 0. The lowest BCUT2D eigenvalue weighted by Crippen LogP contribution is -1.92. The summed E-state index contributed by atoms with van der Waals surface area (Å²) in [6.07, 6.45) is 1.37. The van der Waals surface area contributed by atoms with Crippen molar-refractivity contribution in [1.29, 1.82) is 0 Å². The maximum atomic E-state index is 13.8. The van der Waals surface area contributed by atoms with Crippen molar-refractivity contribution in [3.05, 3.63) is 72.6 Å². The summed E-state index contributed by atoms with van der Waals surface area (Å²) in [5.41, 5.74) is 2.26. The third kappa shape index (κ3) is 3.85. The molecule has 0 bridgehead atoms. The van der Waals surface area contributed by atoms with E-state index in [1.165, 1.54) is 12.3 Å². The molecule has 1 aromatic heterocycles. The number of pyridine rings is 1. The number of halogens is 7. The molecule has 1 heterocycles. The first kappa shape index (κ1) is 19.0. The van der Waals surface area contributed by atoms with E-state index in [4.69, 9.17) is 69.6 Å². The summed E-state index contributed by atoms with van der Waals surface area (Å²) < 4.78 is 13.8. The molecular formula is C17H6Cl6FN. The first-order valence-corrected chi connectivity index (χ1v) is 9.00. The molecule has 25 heavy (non-hydrogen) atoms. The molecule has 0 fully saturated rings. The summed E-state index contributed by atoms with van der Waals surface area (Å²) in [6, 6.07) is 7.68. The smallest absolute Gasteiger partial charge is 0.213 e. The predicted octanol–water partition coefficient (Wildman–Crippen LogP) is 8.48. The molecule has 128 valence electrons. The van der Waals surface area contributed by atoms with Crippen LogP contribution in [0.2, 0.25) is 30.1 Å². The van der Waals surface area contributed by atoms with Gasteiger partial charge in [-0.2, -0.15) is 4.39 Å². The van der Waals surface area contributed by atoms with Crippen molar-refractivity contribution in [1.82, 2.24) is 4.98 Å². The number of aromatic nitrogens is 1. The van der Waals surface area contributed by atoms with Gasteiger partial charge in [0.2, 0.25) is 5.95 Å². The lowest BCUT2D eigenvalue weighted by atomic mass is 9.96. The molecule has 0 unspecified atom stereocenters. The van der Waals surface area contributed by atoms with Crippen LogP contribution >= 0.6 is 69.6 Å². The van der Waals surface area contributed by atoms with E-state index >= 15 is 0 Å². The van der Waals surface area contributed by atoms with Crippen molar-refractivity contribution in [2.24, 2.45) is 0 Å². The third-order valence-electron chi connectivity index (χ3n) is 3.46. The van der Waals surface area contributed by atoms with Gasteiger partial charge < -0.3 is 0 Å². The SMILES string of the molecule is Fc1cc(-c2cc(Cl)c(Cl)c(Cl)c2)c(-c2cc(Cl)c(Cl)c(Cl)c2)cn1. The van der Waals surface area contributed by atoms with Gasteiger partial charge in [-0.1, -0.05) is 69.6 Å². The van der Waals surface area contributed by atoms with Crippen LogP contribution in [0.5, 0.6) is 0 Å². The highest BCUT2D eigenvalue weighted by atomic mass is 35.5. The van der Waals surface area contributed by atoms with Crippen molar-refractivity contribution in [2.45, 2.75) is 0 Å². The molecule has 0 atom stereocenters. The first-order valence-electron chi connectivity index (χ1n) is 6.73. The van der Waals surface area contributed by atoms with Crippen molar-refractivity contribution >= 4 is 69.6 Å². The normalized spacial score (nSPS) is 11.0. The Bertz CT molecular complexity index is 943. The van der Waals surface area contributed by atoms with Gasteiger partial charge in [0.1, 0.15) is 0 Å². The summed E-state index contributed by atoms with van der Waals surface area (Å²) in [5.74, 6) is -0.660. The van der Waals surface area contributed by atoms with E-state index in [0.29, 0.717) is 22.3 Å². The Hall–Kier alpha value is -0.740. The second-order valence-corrected chi connectivity index (χ2v) is 7.45. The minimum atomic E-state index is -0.660. The van der Waals surface area contributed by atoms with Gasteiger partial charge in [0, 0.05) is 17.8 Å². The summed E-state index contributed by atoms with van der Waals surface area (Å²) in [7, 11) is 0. The zero-order chi connectivity index (χ0) is 18.3. The molecule has 1 nitrogen and oxygen atoms in total. The largest absolute Gasteiger partial charge is 0.228 e. The van der Waals surface area contributed by atoms with Gasteiger partial charge >= 0.3 is 0 Å². The molecule has 3 aromatic rings. The van der Waals surface area contributed by atoms with Crippen molar-refractivity contribution in [2.75, 3.05) is 0 Å². The maximum Gasteiger partial charge on any atom is 0.213 e. The molecule has 0 spiro atoms. The van der Waals surface area contributed by atoms with Gasteiger partial charge in [-0.25, -0.2) is 4.98 Å². The van der Waals surface area contributed by atoms with Crippen LogP contribution in [0.25, 0.3) is 22.3 Å². The summed E-state index contributed by atoms with van der Waals surface area (Å²) in [6.45, 7) is 0. The summed E-state index contributed by atoms with van der Waals surface area (Å²) in [5, 5.41) is 1.50. The summed E-state index contributed by atoms with van der Waals surface area (Å²) >= 11 is 36.4. The molecule has 0 saturated heterocycles. The number of hydrogen-bond acceptors (Lipinski definition) is 1. The maximum absolute atomic E-state index is 13.8. The fourth-order valence-corrected chi connectivity index (χ4v) is 3.51. The van der Waals surface area contributed by atoms with Crippen LogP contribution in [0.1, 0.15) is 0 Å². The Kier molecular flexibility index (Phi) is 5.69. The van der Waals surface area contributed by atoms with Gasteiger partial charge in [0.15, 0.2) is 0 Å². The van der Waals surface area contributed by atoms with Gasteiger partial charge in [-0.05, 0) is 41.0 Å². The molecule has 3 rings (SSSR count). The highest BCUT2D eigenvalue weighted by Crippen LogP contribution is 2.41. The van der Waals surface area contributed by atoms with E-state index in [9.17, 15) is 4.39 Å². The minimum absolute atomic E-state index is 0.223. The third-order valence-corrected chi connectivity index (χ3v) is 5.85. The monoisotopic (exact) mass is 453 g/mol. The zero-order valence-electron chi connectivity index (χ0n) is 12.1. The Morgan fingerprint density at radius 3 is 1.44 bits per heavy atom. The first-order chi connectivity index (χ1) is 11.8. The van der Waals surface area contributed by atoms with Crippen molar-refractivity contribution < 1.29 is 4.39 Å². The van der Waals surface area contributed by atoms with E-state index in [2.05, 4.69) is 4.98 Å². The van der Waals surface area contributed by atoms with Gasteiger partial charge in [0.25, 0.3) is 0 Å². The molecule has 2 aromatic carbocycles. The van der Waals surface area contributed by atoms with Crippen LogP contribution in [-0.4, -0.2) is 4.98 Å². The van der Waals surface area contributed by atoms with Gasteiger partial charge in [0.05, 0.1) is 30.1 Å². The fraction of sp³-hybridized carbons (Fsp3) is 0. The molecule has 0 aliphatic carbocycles. The minimum Gasteiger partial charge on any atom is -0.228 e. The molecule has 0 aliphatic heterocycles. The molecular weight excluding hydrogens is 450 g/mol. The zero-order valence-corrected chi connectivity index (χ0v) is 16.6. The highest BCUT2D eigenvalue weighted by molar-refractivity contribution is 6.49. The Labute approximate surface area is 173 Å². The standard InChI is InChI=1S/C17H6Cl6FN/c18-11-1-7(2-12(19)16(11)22)9-5-15(24)25-6-10(9)8-3-13(20)17(23)14(21)4-8/h1-6H. The van der Waals surface area contributed by atoms with Gasteiger partial charge in [-0.15, -0.1) is 0 Å². The van der Waals surface area contributed by atoms with Crippen LogP contribution in [0.3, 0.4) is 0 Å². The second kappa shape index (κ2) is 7.48. The lowest BCUT2D eigenvalue weighted by Gasteiger charge is -2.13. The Balaban J connectivity index is 2.27. The number of benzene rings is 2. The molecule has 0 saturated carbocycles. The highest BCUT2D eigenvalue weighted by Gasteiger charge is 2.16. The molecule has 0 amide bonds. The van der Waals surface area contributed by atoms with Crippen LogP contribution in [0.4, 0.5) is 4.39 Å². The van der Waals surface area contributed by atoms with Gasteiger partial charge in [-0.3, -0.25) is 0 Å². The quantitative estimate of drug-likeness (QED) is 0.279. The molecule has 0 N–H and O–H groups in total. The number of nitrogens with zero attached hydrogens (tertiary/aromatic N) is 1. The topological polar surface area (TPSA) is 12.9 Å². The van der Waals surface area contributed by atoms with E-state index in [0.717, 1.165) is 0 Å². The van der Waals surface area contributed by atoms with Crippen LogP contribution < -0.4 is 0 Å². The predicted molar refractivity (Wildman–Crippen MR) is 105 cm³/mol. The average molecular weight is 456 g/mol. The average Bonchev–Trinajstić information content (AvgIpc) is 2.56. The van der Waals surface area contributed by atoms with Crippen LogP contribution in [0.15, 0.2) is 36.5 Å². The van der Waals surface area contributed by atoms with Crippen molar-refractivity contribution in [3.63, 3.8) is 0 Å². The van der Waals surface area contributed by atoms with Crippen LogP contribution in [0, 0.1) is 5.95 Å². The fourth-order valence-electron chi connectivity index (χ4n) is 2.32. The van der Waals surface area contributed by atoms with Crippen molar-refractivity contribution in [3.8, 4) is 22.3 Å². The second-order valence-electron chi connectivity index (χ2n) is 5.06. The van der Waals surface area contributed by atoms with Crippen LogP contribution in [-0.2, 0) is 0 Å². The lowest BCUT2D eigenvalue weighted by molar-refractivity contribution is 0.584. The Morgan fingerprint density at radius 1 is 0.600 bits per heavy atom. The molecule has 8 heteroatoms. The number of rotatable bonds is 2. The molecule has 0 radical (unpaired) electrons. The van der Waals surface area contributed by atoms with E-state index in [-0.39, 0.29) is 30.1 Å². The summed E-state index contributed by atoms with van der Waals surface area (Å²) in [4.78, 5) is 3.71. The molecule has 0 aliphatic rings. The van der Waals surface area contributed by atoms with E-state index < -0.39 is 5.95 Å². The van der Waals surface area contributed by atoms with E-state index in [1.807, 2.05) is 0 Å². The van der Waals surface area contributed by atoms with E-state index in [1.54, 1.807) is 24.3 Å².